The molecule has 0 spiro atoms. The molecular formula is C16H22N6S. The molecule has 3 rings (SSSR count). The molecule has 0 saturated carbocycles. The summed E-state index contributed by atoms with van der Waals surface area (Å²) in [6.07, 6.45) is 2.15. The maximum atomic E-state index is 3.98. The molecule has 6 nitrogen and oxygen atoms in total. The SMILES string of the molecule is C[C@H](c1ccc(NC2SC=CN2C(C)(C)C)cc1)c1nnn[nH]1. The zero-order valence-electron chi connectivity index (χ0n) is 13.8. The van der Waals surface area contributed by atoms with Crippen molar-refractivity contribution in [2.45, 2.75) is 44.6 Å². The van der Waals surface area contributed by atoms with Crippen molar-refractivity contribution in [3.05, 3.63) is 47.3 Å². The number of rotatable bonds is 4. The number of anilines is 1. The highest BCUT2D eigenvalue weighted by Crippen LogP contribution is 2.32. The van der Waals surface area contributed by atoms with Gasteiger partial charge in [0.2, 0.25) is 0 Å². The number of benzene rings is 1. The molecule has 2 heterocycles. The van der Waals surface area contributed by atoms with Gasteiger partial charge >= 0.3 is 0 Å². The predicted octanol–water partition coefficient (Wildman–Crippen LogP) is 3.37. The van der Waals surface area contributed by atoms with Crippen LogP contribution in [0.3, 0.4) is 0 Å². The van der Waals surface area contributed by atoms with Crippen LogP contribution >= 0.6 is 11.8 Å². The van der Waals surface area contributed by atoms with E-state index in [1.165, 1.54) is 5.56 Å². The normalized spacial score (nSPS) is 19.1. The van der Waals surface area contributed by atoms with Crippen molar-refractivity contribution in [2.24, 2.45) is 0 Å². The highest BCUT2D eigenvalue weighted by atomic mass is 32.2. The second-order valence-corrected chi connectivity index (χ2v) is 7.62. The molecule has 0 aliphatic carbocycles. The lowest BCUT2D eigenvalue weighted by Gasteiger charge is -2.37. The molecule has 1 aromatic heterocycles. The average molecular weight is 330 g/mol. The summed E-state index contributed by atoms with van der Waals surface area (Å²) in [5.41, 5.74) is 2.59. The maximum absolute atomic E-state index is 3.98. The number of tetrazole rings is 1. The molecule has 7 heteroatoms. The van der Waals surface area contributed by atoms with Gasteiger partial charge in [-0.25, -0.2) is 5.10 Å². The largest absolute Gasteiger partial charge is 0.356 e. The van der Waals surface area contributed by atoms with Crippen LogP contribution in [0, 0.1) is 0 Å². The van der Waals surface area contributed by atoms with Crippen molar-refractivity contribution in [3.8, 4) is 0 Å². The number of aromatic nitrogens is 4. The Labute approximate surface area is 140 Å². The first kappa shape index (κ1) is 15.9. The van der Waals surface area contributed by atoms with Crippen molar-refractivity contribution < 1.29 is 0 Å². The molecular weight excluding hydrogens is 308 g/mol. The summed E-state index contributed by atoms with van der Waals surface area (Å²) in [5, 5.41) is 19.8. The third-order valence-corrected chi connectivity index (χ3v) is 4.81. The molecule has 0 fully saturated rings. The Hall–Kier alpha value is -2.02. The first-order chi connectivity index (χ1) is 10.9. The first-order valence-corrected chi connectivity index (χ1v) is 8.60. The Bertz CT molecular complexity index is 659. The second-order valence-electron chi connectivity index (χ2n) is 6.63. The molecule has 1 aliphatic rings. The minimum Gasteiger partial charge on any atom is -0.356 e. The van der Waals surface area contributed by atoms with E-state index in [1.54, 1.807) is 11.8 Å². The molecule has 23 heavy (non-hydrogen) atoms. The van der Waals surface area contributed by atoms with Crippen molar-refractivity contribution in [2.75, 3.05) is 5.32 Å². The minimum atomic E-state index is 0.0887. The van der Waals surface area contributed by atoms with E-state index in [2.05, 4.69) is 94.4 Å². The highest BCUT2D eigenvalue weighted by molar-refractivity contribution is 8.03. The molecule has 0 amide bonds. The number of nitrogens with one attached hydrogen (secondary N) is 2. The lowest BCUT2D eigenvalue weighted by molar-refractivity contribution is 0.208. The molecule has 0 saturated heterocycles. The number of thioether (sulfide) groups is 1. The fraction of sp³-hybridized carbons (Fsp3) is 0.438. The van der Waals surface area contributed by atoms with E-state index in [0.29, 0.717) is 0 Å². The highest BCUT2D eigenvalue weighted by Gasteiger charge is 2.29. The van der Waals surface area contributed by atoms with Crippen LogP contribution in [0.1, 0.15) is 45.0 Å². The molecule has 0 radical (unpaired) electrons. The molecule has 122 valence electrons. The number of hydrogen-bond donors (Lipinski definition) is 2. The number of H-pyrrole nitrogens is 1. The number of hydrogen-bond acceptors (Lipinski definition) is 6. The van der Waals surface area contributed by atoms with Gasteiger partial charge in [0, 0.05) is 23.3 Å². The number of nitrogens with zero attached hydrogens (tertiary/aromatic N) is 4. The van der Waals surface area contributed by atoms with E-state index in [9.17, 15) is 0 Å². The molecule has 2 atom stereocenters. The van der Waals surface area contributed by atoms with Crippen molar-refractivity contribution >= 4 is 17.4 Å². The molecule has 1 aliphatic heterocycles. The van der Waals surface area contributed by atoms with Gasteiger partial charge in [-0.05, 0) is 54.3 Å². The first-order valence-electron chi connectivity index (χ1n) is 7.66. The maximum Gasteiger partial charge on any atom is 0.155 e. The molecule has 0 bridgehead atoms. The molecule has 1 aromatic carbocycles. The van der Waals surface area contributed by atoms with Crippen molar-refractivity contribution in [1.29, 1.82) is 0 Å². The van der Waals surface area contributed by atoms with E-state index in [-0.39, 0.29) is 17.0 Å². The van der Waals surface area contributed by atoms with E-state index in [0.717, 1.165) is 11.5 Å². The monoisotopic (exact) mass is 330 g/mol. The van der Waals surface area contributed by atoms with Gasteiger partial charge in [-0.15, -0.1) is 5.10 Å². The van der Waals surface area contributed by atoms with Gasteiger partial charge in [-0.3, -0.25) is 0 Å². The van der Waals surface area contributed by atoms with E-state index in [4.69, 9.17) is 0 Å². The summed E-state index contributed by atoms with van der Waals surface area (Å²) < 4.78 is 0. The van der Waals surface area contributed by atoms with Crippen LogP contribution in [0.25, 0.3) is 0 Å². The number of aromatic amines is 1. The van der Waals surface area contributed by atoms with Gasteiger partial charge in [0.25, 0.3) is 0 Å². The van der Waals surface area contributed by atoms with Crippen LogP contribution in [0.15, 0.2) is 35.9 Å². The summed E-state index contributed by atoms with van der Waals surface area (Å²) in [6, 6.07) is 8.44. The lowest BCUT2D eigenvalue weighted by Crippen LogP contribution is -2.44. The summed E-state index contributed by atoms with van der Waals surface area (Å²) in [6.45, 7) is 8.74. The third kappa shape index (κ3) is 3.50. The van der Waals surface area contributed by atoms with Crippen LogP contribution in [0.5, 0.6) is 0 Å². The average Bonchev–Trinajstić information content (AvgIpc) is 3.18. The summed E-state index contributed by atoms with van der Waals surface area (Å²) in [5.74, 6) is 0.924. The molecule has 2 N–H and O–H groups in total. The van der Waals surface area contributed by atoms with Crippen molar-refractivity contribution in [1.82, 2.24) is 25.5 Å². The van der Waals surface area contributed by atoms with Gasteiger partial charge in [0.1, 0.15) is 0 Å². The summed E-state index contributed by atoms with van der Waals surface area (Å²) in [7, 11) is 0. The zero-order valence-corrected chi connectivity index (χ0v) is 14.6. The van der Waals surface area contributed by atoms with E-state index >= 15 is 0 Å². The van der Waals surface area contributed by atoms with Crippen LogP contribution in [0.2, 0.25) is 0 Å². The Morgan fingerprint density at radius 3 is 2.61 bits per heavy atom. The fourth-order valence-electron chi connectivity index (χ4n) is 2.52. The molecule has 1 unspecified atom stereocenters. The quantitative estimate of drug-likeness (QED) is 0.896. The van der Waals surface area contributed by atoms with Crippen molar-refractivity contribution in [3.63, 3.8) is 0 Å². The topological polar surface area (TPSA) is 69.7 Å². The second kappa shape index (κ2) is 6.23. The van der Waals surface area contributed by atoms with Crippen LogP contribution < -0.4 is 5.32 Å². The van der Waals surface area contributed by atoms with Gasteiger partial charge in [-0.1, -0.05) is 30.8 Å². The van der Waals surface area contributed by atoms with Gasteiger partial charge in [0.05, 0.1) is 0 Å². The summed E-state index contributed by atoms with van der Waals surface area (Å²) >= 11 is 1.78. The Morgan fingerprint density at radius 1 is 1.26 bits per heavy atom. The fourth-order valence-corrected chi connectivity index (χ4v) is 3.59. The Kier molecular flexibility index (Phi) is 4.30. The van der Waals surface area contributed by atoms with Gasteiger partial charge in [0.15, 0.2) is 11.3 Å². The van der Waals surface area contributed by atoms with E-state index < -0.39 is 0 Å². The standard InChI is InChI=1S/C16H22N6S/c1-11(14-18-20-21-19-14)12-5-7-13(8-6-12)17-15-22(9-10-23-15)16(2,3)4/h5-11,15,17H,1-4H3,(H,18,19,20,21)/t11-,15?/m1/s1. The zero-order chi connectivity index (χ0) is 16.4. The summed E-state index contributed by atoms with van der Waals surface area (Å²) in [4.78, 5) is 2.33. The van der Waals surface area contributed by atoms with Crippen LogP contribution in [-0.2, 0) is 0 Å². The van der Waals surface area contributed by atoms with Gasteiger partial charge in [-0.2, -0.15) is 0 Å². The van der Waals surface area contributed by atoms with Crippen LogP contribution in [0.4, 0.5) is 5.69 Å². The Balaban J connectivity index is 1.68. The predicted molar refractivity (Wildman–Crippen MR) is 93.9 cm³/mol. The Morgan fingerprint density at radius 2 is 2.00 bits per heavy atom. The van der Waals surface area contributed by atoms with Gasteiger partial charge < -0.3 is 10.2 Å². The third-order valence-electron chi connectivity index (χ3n) is 3.93. The van der Waals surface area contributed by atoms with E-state index in [1.807, 2.05) is 0 Å². The smallest absolute Gasteiger partial charge is 0.155 e. The van der Waals surface area contributed by atoms with Crippen LogP contribution in [-0.4, -0.2) is 36.6 Å². The lowest BCUT2D eigenvalue weighted by atomic mass is 10.0. The molecule has 2 aromatic rings. The minimum absolute atomic E-state index is 0.0887.